The summed E-state index contributed by atoms with van der Waals surface area (Å²) in [4.78, 5) is 16.6. The van der Waals surface area contributed by atoms with Crippen molar-refractivity contribution >= 4 is 17.1 Å². The van der Waals surface area contributed by atoms with Gasteiger partial charge in [-0.25, -0.2) is 0 Å². The first kappa shape index (κ1) is 11.7. The molecular weight excluding hydrogens is 220 g/mol. The number of piperidine rings is 1. The van der Waals surface area contributed by atoms with Gasteiger partial charge in [-0.3, -0.25) is 9.78 Å². The van der Waals surface area contributed by atoms with Crippen molar-refractivity contribution in [3.8, 4) is 0 Å². The first-order valence-electron chi connectivity index (χ1n) is 5.94. The van der Waals surface area contributed by atoms with E-state index in [9.17, 15) is 4.79 Å². The van der Waals surface area contributed by atoms with Crippen molar-refractivity contribution in [1.29, 1.82) is 0 Å². The maximum atomic E-state index is 11.9. The maximum absolute atomic E-state index is 11.9. The van der Waals surface area contributed by atoms with Gasteiger partial charge in [0.05, 0.1) is 10.4 Å². The monoisotopic (exact) mass is 238 g/mol. The fourth-order valence-corrected chi connectivity index (χ4v) is 2.87. The molecule has 2 heterocycles. The van der Waals surface area contributed by atoms with E-state index in [1.165, 1.54) is 24.2 Å². The van der Waals surface area contributed by atoms with Crippen molar-refractivity contribution in [2.75, 3.05) is 6.54 Å². The number of nitrogens with one attached hydrogen (secondary N) is 1. The summed E-state index contributed by atoms with van der Waals surface area (Å²) in [7, 11) is 0. The number of thiazole rings is 1. The first-order valence-corrected chi connectivity index (χ1v) is 6.82. The van der Waals surface area contributed by atoms with Crippen LogP contribution in [-0.4, -0.2) is 23.4 Å². The van der Waals surface area contributed by atoms with Crippen molar-refractivity contribution < 1.29 is 4.79 Å². The average molecular weight is 238 g/mol. The Labute approximate surface area is 100 Å². The minimum absolute atomic E-state index is 0.233. The van der Waals surface area contributed by atoms with Crippen LogP contribution in [0.3, 0.4) is 0 Å². The molecule has 1 fully saturated rings. The quantitative estimate of drug-likeness (QED) is 0.819. The van der Waals surface area contributed by atoms with Gasteiger partial charge in [-0.1, -0.05) is 13.3 Å². The van der Waals surface area contributed by atoms with Crippen molar-refractivity contribution in [2.24, 2.45) is 5.92 Å². The van der Waals surface area contributed by atoms with Crippen molar-refractivity contribution in [2.45, 2.75) is 38.6 Å². The molecule has 4 heteroatoms. The number of hydrogen-bond acceptors (Lipinski definition) is 4. The zero-order valence-electron chi connectivity index (χ0n) is 9.61. The lowest BCUT2D eigenvalue weighted by Gasteiger charge is -2.29. The predicted molar refractivity (Wildman–Crippen MR) is 65.9 cm³/mol. The number of hydrogen-bond donors (Lipinski definition) is 1. The SMILES string of the molecule is CCC1CCNC(CC(=O)c2cncs2)C1. The third-order valence-electron chi connectivity index (χ3n) is 3.32. The van der Waals surface area contributed by atoms with E-state index in [0.717, 1.165) is 23.8 Å². The van der Waals surface area contributed by atoms with Gasteiger partial charge in [0.1, 0.15) is 0 Å². The molecule has 1 N–H and O–H groups in total. The number of Topliss-reactive ketones (excluding diaryl/α,β-unsaturated/α-hetero) is 1. The highest BCUT2D eigenvalue weighted by atomic mass is 32.1. The molecule has 0 aromatic carbocycles. The number of ketones is 1. The second-order valence-electron chi connectivity index (χ2n) is 4.44. The Hall–Kier alpha value is -0.740. The van der Waals surface area contributed by atoms with Crippen LogP contribution in [0.1, 0.15) is 42.3 Å². The number of carbonyl (C=O) groups excluding carboxylic acids is 1. The van der Waals surface area contributed by atoms with Crippen LogP contribution >= 0.6 is 11.3 Å². The van der Waals surface area contributed by atoms with Gasteiger partial charge >= 0.3 is 0 Å². The minimum atomic E-state index is 0.233. The van der Waals surface area contributed by atoms with Gasteiger partial charge in [0.15, 0.2) is 5.78 Å². The number of aromatic nitrogens is 1. The van der Waals surface area contributed by atoms with E-state index in [4.69, 9.17) is 0 Å². The van der Waals surface area contributed by atoms with Crippen LogP contribution in [0.25, 0.3) is 0 Å². The minimum Gasteiger partial charge on any atom is -0.314 e. The number of rotatable bonds is 4. The zero-order valence-corrected chi connectivity index (χ0v) is 10.4. The Kier molecular flexibility index (Phi) is 4.07. The molecule has 0 saturated carbocycles. The molecule has 0 radical (unpaired) electrons. The second kappa shape index (κ2) is 5.55. The van der Waals surface area contributed by atoms with E-state index >= 15 is 0 Å². The lowest BCUT2D eigenvalue weighted by atomic mass is 9.88. The average Bonchev–Trinajstić information content (AvgIpc) is 2.83. The molecule has 88 valence electrons. The van der Waals surface area contributed by atoms with Crippen molar-refractivity contribution in [3.05, 3.63) is 16.6 Å². The molecule has 1 aliphatic rings. The van der Waals surface area contributed by atoms with Gasteiger partial charge in [0.25, 0.3) is 0 Å². The smallest absolute Gasteiger partial charge is 0.175 e. The van der Waals surface area contributed by atoms with E-state index in [0.29, 0.717) is 12.5 Å². The standard InChI is InChI=1S/C12H18N2OS/c1-2-9-3-4-14-10(5-9)6-11(15)12-7-13-8-16-12/h7-10,14H,2-6H2,1H3. The van der Waals surface area contributed by atoms with E-state index in [1.807, 2.05) is 0 Å². The molecule has 0 aliphatic carbocycles. The second-order valence-corrected chi connectivity index (χ2v) is 5.33. The van der Waals surface area contributed by atoms with Gasteiger partial charge in [-0.05, 0) is 25.3 Å². The van der Waals surface area contributed by atoms with E-state index in [-0.39, 0.29) is 5.78 Å². The Bertz CT molecular complexity index is 337. The highest BCUT2D eigenvalue weighted by molar-refractivity contribution is 7.11. The largest absolute Gasteiger partial charge is 0.314 e. The summed E-state index contributed by atoms with van der Waals surface area (Å²) >= 11 is 1.44. The molecule has 2 atom stereocenters. The summed E-state index contributed by atoms with van der Waals surface area (Å²) in [5, 5.41) is 3.44. The van der Waals surface area contributed by atoms with Crippen molar-refractivity contribution in [1.82, 2.24) is 10.3 Å². The molecule has 0 amide bonds. The fourth-order valence-electron chi connectivity index (χ4n) is 2.30. The van der Waals surface area contributed by atoms with Gasteiger partial charge < -0.3 is 5.32 Å². The first-order chi connectivity index (χ1) is 7.79. The molecule has 0 bridgehead atoms. The lowest BCUT2D eigenvalue weighted by molar-refractivity contribution is 0.0961. The lowest BCUT2D eigenvalue weighted by Crippen LogP contribution is -2.39. The Balaban J connectivity index is 1.87. The van der Waals surface area contributed by atoms with Crippen LogP contribution in [0.5, 0.6) is 0 Å². The van der Waals surface area contributed by atoms with Gasteiger partial charge in [-0.15, -0.1) is 11.3 Å². The molecule has 1 saturated heterocycles. The van der Waals surface area contributed by atoms with Crippen LogP contribution in [0.4, 0.5) is 0 Å². The third kappa shape index (κ3) is 2.89. The summed E-state index contributed by atoms with van der Waals surface area (Å²) in [5.74, 6) is 1.03. The highest BCUT2D eigenvalue weighted by Crippen LogP contribution is 2.22. The van der Waals surface area contributed by atoms with Crippen LogP contribution in [-0.2, 0) is 0 Å². The van der Waals surface area contributed by atoms with Gasteiger partial charge in [0.2, 0.25) is 0 Å². The molecule has 0 spiro atoms. The molecule has 1 aliphatic heterocycles. The molecule has 1 aromatic heterocycles. The van der Waals surface area contributed by atoms with Gasteiger partial charge in [-0.2, -0.15) is 0 Å². The zero-order chi connectivity index (χ0) is 11.4. The molecule has 2 rings (SSSR count). The summed E-state index contributed by atoms with van der Waals surface area (Å²) in [5.41, 5.74) is 1.72. The summed E-state index contributed by atoms with van der Waals surface area (Å²) in [6.07, 6.45) is 5.92. The van der Waals surface area contributed by atoms with Crippen LogP contribution in [0.15, 0.2) is 11.7 Å². The summed E-state index contributed by atoms with van der Waals surface area (Å²) in [6, 6.07) is 0.369. The molecule has 3 nitrogen and oxygen atoms in total. The predicted octanol–water partition coefficient (Wildman–Crippen LogP) is 2.49. The summed E-state index contributed by atoms with van der Waals surface area (Å²) in [6.45, 7) is 3.29. The van der Waals surface area contributed by atoms with E-state index in [2.05, 4.69) is 17.2 Å². The third-order valence-corrected chi connectivity index (χ3v) is 4.13. The maximum Gasteiger partial charge on any atom is 0.175 e. The van der Waals surface area contributed by atoms with E-state index in [1.54, 1.807) is 11.7 Å². The van der Waals surface area contributed by atoms with Crippen LogP contribution in [0, 0.1) is 5.92 Å². The van der Waals surface area contributed by atoms with Crippen LogP contribution in [0.2, 0.25) is 0 Å². The number of carbonyl (C=O) groups is 1. The van der Waals surface area contributed by atoms with Crippen LogP contribution < -0.4 is 5.32 Å². The normalized spacial score (nSPS) is 25.6. The fraction of sp³-hybridized carbons (Fsp3) is 0.667. The number of nitrogens with zero attached hydrogens (tertiary/aromatic N) is 1. The van der Waals surface area contributed by atoms with E-state index < -0.39 is 0 Å². The Morgan fingerprint density at radius 3 is 3.25 bits per heavy atom. The highest BCUT2D eigenvalue weighted by Gasteiger charge is 2.23. The topological polar surface area (TPSA) is 42.0 Å². The molecule has 2 unspecified atom stereocenters. The summed E-state index contributed by atoms with van der Waals surface area (Å²) < 4.78 is 0. The van der Waals surface area contributed by atoms with Crippen molar-refractivity contribution in [3.63, 3.8) is 0 Å². The molecule has 1 aromatic rings. The molecular formula is C12H18N2OS. The Morgan fingerprint density at radius 1 is 1.69 bits per heavy atom. The molecule has 16 heavy (non-hydrogen) atoms. The van der Waals surface area contributed by atoms with Gasteiger partial charge in [0, 0.05) is 18.7 Å². The Morgan fingerprint density at radius 2 is 2.56 bits per heavy atom.